The van der Waals surface area contributed by atoms with Crippen LogP contribution in [0.15, 0.2) is 78.4 Å². The number of aryl methyl sites for hydroxylation is 1. The predicted molar refractivity (Wildman–Crippen MR) is 125 cm³/mol. The number of amides is 2. The molecule has 0 unspecified atom stereocenters. The number of ether oxygens (including phenoxy) is 1. The second-order valence-corrected chi connectivity index (χ2v) is 7.26. The molecule has 6 nitrogen and oxygen atoms in total. The monoisotopic (exact) mass is 445 g/mol. The highest BCUT2D eigenvalue weighted by Crippen LogP contribution is 2.23. The average Bonchev–Trinajstić information content (AvgIpc) is 2.78. The molecule has 2 amide bonds. The van der Waals surface area contributed by atoms with Crippen molar-refractivity contribution in [2.75, 3.05) is 17.2 Å². The van der Waals surface area contributed by atoms with Gasteiger partial charge in [0, 0.05) is 11.3 Å². The van der Waals surface area contributed by atoms with Crippen LogP contribution in [0.5, 0.6) is 5.75 Å². The summed E-state index contributed by atoms with van der Waals surface area (Å²) >= 11 is 6.05. The maximum absolute atomic E-state index is 12.6. The molecule has 0 spiro atoms. The molecule has 0 heterocycles. The van der Waals surface area contributed by atoms with Crippen molar-refractivity contribution in [2.45, 2.75) is 6.92 Å². The van der Waals surface area contributed by atoms with Crippen molar-refractivity contribution in [1.29, 1.82) is 5.26 Å². The summed E-state index contributed by atoms with van der Waals surface area (Å²) in [4.78, 5) is 24.8. The molecule has 0 atom stereocenters. The summed E-state index contributed by atoms with van der Waals surface area (Å²) in [6, 6.07) is 22.9. The molecule has 0 saturated carbocycles. The number of hydrogen-bond donors (Lipinski definition) is 2. The Kier molecular flexibility index (Phi) is 7.63. The molecule has 3 rings (SSSR count). The maximum Gasteiger partial charge on any atom is 0.266 e. The van der Waals surface area contributed by atoms with Crippen molar-refractivity contribution in [3.8, 4) is 11.8 Å². The van der Waals surface area contributed by atoms with Gasteiger partial charge in [0.2, 0.25) is 0 Å². The number of hydrogen-bond acceptors (Lipinski definition) is 4. The van der Waals surface area contributed by atoms with E-state index in [4.69, 9.17) is 16.3 Å². The Labute approximate surface area is 191 Å². The lowest BCUT2D eigenvalue weighted by Gasteiger charge is -2.11. The number of carbonyl (C=O) groups excluding carboxylic acids is 2. The van der Waals surface area contributed by atoms with E-state index in [2.05, 4.69) is 10.6 Å². The van der Waals surface area contributed by atoms with Gasteiger partial charge in [0.15, 0.2) is 6.61 Å². The van der Waals surface area contributed by atoms with Gasteiger partial charge in [-0.1, -0.05) is 54.1 Å². The number of benzene rings is 3. The molecule has 0 radical (unpaired) electrons. The van der Waals surface area contributed by atoms with E-state index in [-0.39, 0.29) is 12.2 Å². The fourth-order valence-electron chi connectivity index (χ4n) is 2.85. The van der Waals surface area contributed by atoms with Gasteiger partial charge < -0.3 is 15.4 Å². The van der Waals surface area contributed by atoms with Gasteiger partial charge in [0.05, 0.1) is 10.7 Å². The normalized spacial score (nSPS) is 10.7. The summed E-state index contributed by atoms with van der Waals surface area (Å²) in [5.41, 5.74) is 2.46. The first-order valence-corrected chi connectivity index (χ1v) is 10.1. The Hall–Kier alpha value is -4.08. The lowest BCUT2D eigenvalue weighted by Crippen LogP contribution is -2.20. The molecule has 0 saturated heterocycles. The highest BCUT2D eigenvalue weighted by molar-refractivity contribution is 6.33. The van der Waals surface area contributed by atoms with Gasteiger partial charge in [-0.25, -0.2) is 0 Å². The number of nitrogens with zero attached hydrogens (tertiary/aromatic N) is 1. The van der Waals surface area contributed by atoms with Crippen LogP contribution in [0.25, 0.3) is 6.08 Å². The molecule has 3 aromatic carbocycles. The summed E-state index contributed by atoms with van der Waals surface area (Å²) in [5, 5.41) is 15.3. The van der Waals surface area contributed by atoms with E-state index in [1.807, 2.05) is 31.2 Å². The number of nitriles is 1. The summed E-state index contributed by atoms with van der Waals surface area (Å²) in [6.45, 7) is 1.64. The highest BCUT2D eigenvalue weighted by atomic mass is 35.5. The van der Waals surface area contributed by atoms with E-state index in [0.29, 0.717) is 27.7 Å². The maximum atomic E-state index is 12.6. The minimum Gasteiger partial charge on any atom is -0.483 e. The predicted octanol–water partition coefficient (Wildman–Crippen LogP) is 5.21. The van der Waals surface area contributed by atoms with Crippen LogP contribution < -0.4 is 15.4 Å². The van der Waals surface area contributed by atoms with Gasteiger partial charge >= 0.3 is 0 Å². The lowest BCUT2D eigenvalue weighted by atomic mass is 10.1. The molecular formula is C25H20ClN3O3. The summed E-state index contributed by atoms with van der Waals surface area (Å²) in [6.07, 6.45) is 1.42. The zero-order valence-corrected chi connectivity index (χ0v) is 18.0. The van der Waals surface area contributed by atoms with E-state index < -0.39 is 11.8 Å². The van der Waals surface area contributed by atoms with Gasteiger partial charge in [0.1, 0.15) is 17.4 Å². The van der Waals surface area contributed by atoms with Gasteiger partial charge in [-0.2, -0.15) is 5.26 Å². The van der Waals surface area contributed by atoms with Crippen LogP contribution in [0.4, 0.5) is 11.4 Å². The second kappa shape index (κ2) is 10.8. The van der Waals surface area contributed by atoms with Crippen molar-refractivity contribution in [3.05, 3.63) is 94.5 Å². The van der Waals surface area contributed by atoms with Crippen LogP contribution in [0, 0.1) is 18.3 Å². The largest absolute Gasteiger partial charge is 0.483 e. The first kappa shape index (κ1) is 22.6. The molecule has 0 aromatic heterocycles. The molecule has 7 heteroatoms. The Balaban J connectivity index is 1.71. The Bertz CT molecular complexity index is 1210. The Morgan fingerprint density at radius 3 is 2.53 bits per heavy atom. The average molecular weight is 446 g/mol. The zero-order chi connectivity index (χ0) is 22.9. The van der Waals surface area contributed by atoms with Crippen LogP contribution in [-0.2, 0) is 9.59 Å². The third-order valence-corrected chi connectivity index (χ3v) is 4.70. The van der Waals surface area contributed by atoms with E-state index in [0.717, 1.165) is 5.56 Å². The molecule has 0 aliphatic heterocycles. The molecule has 0 fully saturated rings. The molecule has 32 heavy (non-hydrogen) atoms. The van der Waals surface area contributed by atoms with Crippen molar-refractivity contribution in [2.24, 2.45) is 0 Å². The third-order valence-electron chi connectivity index (χ3n) is 4.37. The minimum absolute atomic E-state index is 0.0944. The molecule has 160 valence electrons. The van der Waals surface area contributed by atoms with Crippen LogP contribution >= 0.6 is 11.6 Å². The molecular weight excluding hydrogens is 426 g/mol. The third kappa shape index (κ3) is 6.21. The van der Waals surface area contributed by atoms with Crippen molar-refractivity contribution >= 4 is 40.9 Å². The molecule has 3 aromatic rings. The van der Waals surface area contributed by atoms with Crippen LogP contribution in [-0.4, -0.2) is 18.4 Å². The van der Waals surface area contributed by atoms with Crippen molar-refractivity contribution < 1.29 is 14.3 Å². The minimum atomic E-state index is -0.538. The van der Waals surface area contributed by atoms with E-state index in [9.17, 15) is 14.9 Å². The molecule has 0 aliphatic rings. The molecule has 2 N–H and O–H groups in total. The first-order chi connectivity index (χ1) is 15.5. The number of nitrogens with one attached hydrogen (secondary N) is 2. The number of para-hydroxylation sites is 2. The number of halogens is 1. The van der Waals surface area contributed by atoms with Crippen molar-refractivity contribution in [1.82, 2.24) is 0 Å². The smallest absolute Gasteiger partial charge is 0.266 e. The molecule has 0 aliphatic carbocycles. The van der Waals surface area contributed by atoms with Crippen LogP contribution in [0.3, 0.4) is 0 Å². The lowest BCUT2D eigenvalue weighted by molar-refractivity contribution is -0.118. The van der Waals surface area contributed by atoms with Gasteiger partial charge in [-0.3, -0.25) is 9.59 Å². The topological polar surface area (TPSA) is 91.2 Å². The second-order valence-electron chi connectivity index (χ2n) is 6.85. The van der Waals surface area contributed by atoms with Crippen LogP contribution in [0.1, 0.15) is 11.1 Å². The SMILES string of the molecule is Cc1cccc(NC(=O)/C(C#N)=C/c2ccccc2OCC(=O)Nc2ccccc2Cl)c1. The quantitative estimate of drug-likeness (QED) is 0.385. The molecule has 0 bridgehead atoms. The fraction of sp³-hybridized carbons (Fsp3) is 0.0800. The Morgan fingerprint density at radius 2 is 1.78 bits per heavy atom. The van der Waals surface area contributed by atoms with Gasteiger partial charge in [-0.15, -0.1) is 0 Å². The van der Waals surface area contributed by atoms with Gasteiger partial charge in [0.25, 0.3) is 11.8 Å². The zero-order valence-electron chi connectivity index (χ0n) is 17.3. The number of carbonyl (C=O) groups is 2. The number of rotatable bonds is 7. The van der Waals surface area contributed by atoms with Crippen molar-refractivity contribution in [3.63, 3.8) is 0 Å². The van der Waals surface area contributed by atoms with Gasteiger partial charge in [-0.05, 0) is 48.9 Å². The summed E-state index contributed by atoms with van der Waals surface area (Å²) in [7, 11) is 0. The Morgan fingerprint density at radius 1 is 1.03 bits per heavy atom. The first-order valence-electron chi connectivity index (χ1n) is 9.72. The number of anilines is 2. The fourth-order valence-corrected chi connectivity index (χ4v) is 3.03. The summed E-state index contributed by atoms with van der Waals surface area (Å²) < 4.78 is 5.63. The van der Waals surface area contributed by atoms with E-state index >= 15 is 0 Å². The van der Waals surface area contributed by atoms with E-state index in [1.54, 1.807) is 54.6 Å². The van der Waals surface area contributed by atoms with Crippen LogP contribution in [0.2, 0.25) is 5.02 Å². The standard InChI is InChI=1S/C25H20ClN3O3/c1-17-7-6-9-20(13-17)28-25(31)19(15-27)14-18-8-2-5-12-23(18)32-16-24(30)29-22-11-4-3-10-21(22)26/h2-14H,16H2,1H3,(H,28,31)(H,29,30)/b19-14+. The van der Waals surface area contributed by atoms with E-state index in [1.165, 1.54) is 6.08 Å². The summed E-state index contributed by atoms with van der Waals surface area (Å²) in [5.74, 6) is -0.572. The highest BCUT2D eigenvalue weighted by Gasteiger charge is 2.12.